The smallest absolute Gasteiger partial charge is 0.192 e. The van der Waals surface area contributed by atoms with E-state index in [9.17, 15) is 4.39 Å². The number of allylic oxidation sites excluding steroid dienone is 1. The number of halogens is 1. The summed E-state index contributed by atoms with van der Waals surface area (Å²) in [4.78, 5) is 0. The van der Waals surface area contributed by atoms with E-state index in [1.807, 2.05) is 0 Å². The van der Waals surface area contributed by atoms with E-state index < -0.39 is 5.83 Å². The molecule has 0 bridgehead atoms. The molecule has 0 saturated carbocycles. The fraction of sp³-hybridized carbons (Fsp3) is 0. The zero-order chi connectivity index (χ0) is 4.28. The highest BCUT2D eigenvalue weighted by Gasteiger charge is 1.71. The standard InChI is InChI=1S/C3H2FN/c1-3(4)2-5/h1H2. The summed E-state index contributed by atoms with van der Waals surface area (Å²) in [5.74, 6) is -0.940. The van der Waals surface area contributed by atoms with E-state index in [2.05, 4.69) is 6.58 Å². The molecule has 0 unspecified atom stereocenters. The Balaban J connectivity index is 3.35. The third-order valence-electron chi connectivity index (χ3n) is 0.121. The molecule has 0 radical (unpaired) electrons. The van der Waals surface area contributed by atoms with Crippen LogP contribution in [0.25, 0.3) is 0 Å². The Morgan fingerprint density at radius 1 is 2.00 bits per heavy atom. The highest BCUT2D eigenvalue weighted by atomic mass is 19.1. The van der Waals surface area contributed by atoms with Crippen molar-refractivity contribution >= 4 is 0 Å². The molecule has 0 aliphatic carbocycles. The predicted octanol–water partition coefficient (Wildman–Crippen LogP) is 0.993. The van der Waals surface area contributed by atoms with Gasteiger partial charge in [0.1, 0.15) is 6.07 Å². The van der Waals surface area contributed by atoms with E-state index >= 15 is 0 Å². The predicted molar refractivity (Wildman–Crippen MR) is 15.9 cm³/mol. The Hall–Kier alpha value is -0.840. The minimum atomic E-state index is -0.940. The van der Waals surface area contributed by atoms with Crippen LogP contribution in [0.2, 0.25) is 0 Å². The number of nitrogens with zero attached hydrogens (tertiary/aromatic N) is 1. The molecular weight excluding hydrogens is 69.0 g/mol. The quantitative estimate of drug-likeness (QED) is 0.391. The zero-order valence-corrected chi connectivity index (χ0v) is 2.53. The maximum atomic E-state index is 10.9. The first-order chi connectivity index (χ1) is 2.27. The van der Waals surface area contributed by atoms with E-state index in [1.165, 1.54) is 6.07 Å². The molecule has 0 amide bonds. The van der Waals surface area contributed by atoms with E-state index in [4.69, 9.17) is 5.26 Å². The van der Waals surface area contributed by atoms with Crippen molar-refractivity contribution in [1.82, 2.24) is 0 Å². The second-order valence-electron chi connectivity index (χ2n) is 0.517. The molecule has 0 N–H and O–H groups in total. The first-order valence-corrected chi connectivity index (χ1v) is 1.02. The van der Waals surface area contributed by atoms with Gasteiger partial charge in [0.25, 0.3) is 0 Å². The molecule has 0 aromatic rings. The lowest BCUT2D eigenvalue weighted by Gasteiger charge is -1.56. The molecule has 5 heavy (non-hydrogen) atoms. The summed E-state index contributed by atoms with van der Waals surface area (Å²) in [6, 6.07) is 1.17. The summed E-state index contributed by atoms with van der Waals surface area (Å²) in [7, 11) is 0. The van der Waals surface area contributed by atoms with Crippen molar-refractivity contribution in [1.29, 1.82) is 5.26 Å². The number of hydrogen-bond donors (Lipinski definition) is 0. The van der Waals surface area contributed by atoms with Gasteiger partial charge in [-0.15, -0.1) is 0 Å². The minimum absolute atomic E-state index is 0.940. The van der Waals surface area contributed by atoms with Gasteiger partial charge in [0, 0.05) is 0 Å². The maximum absolute atomic E-state index is 10.9. The normalized spacial score (nSPS) is 5.60. The van der Waals surface area contributed by atoms with Gasteiger partial charge in [0.05, 0.1) is 0 Å². The third kappa shape index (κ3) is 3.16. The van der Waals surface area contributed by atoms with Crippen LogP contribution in [-0.4, -0.2) is 0 Å². The van der Waals surface area contributed by atoms with Crippen LogP contribution in [0, 0.1) is 11.3 Å². The average Bonchev–Trinajstić information content (AvgIpc) is 1.38. The lowest BCUT2D eigenvalue weighted by Crippen LogP contribution is -1.48. The second-order valence-corrected chi connectivity index (χ2v) is 0.517. The van der Waals surface area contributed by atoms with Gasteiger partial charge in [-0.3, -0.25) is 0 Å². The highest BCUT2D eigenvalue weighted by molar-refractivity contribution is 5.04. The van der Waals surface area contributed by atoms with Crippen molar-refractivity contribution in [2.75, 3.05) is 0 Å². The maximum Gasteiger partial charge on any atom is 0.192 e. The molecule has 0 saturated heterocycles. The molecule has 26 valence electrons. The van der Waals surface area contributed by atoms with Crippen molar-refractivity contribution in [2.45, 2.75) is 0 Å². The fourth-order valence-corrected chi connectivity index (χ4v) is 0. The molecule has 0 heterocycles. The molecule has 0 aliphatic heterocycles. The Morgan fingerprint density at radius 2 is 2.20 bits per heavy atom. The van der Waals surface area contributed by atoms with Crippen molar-refractivity contribution in [3.05, 3.63) is 12.4 Å². The second kappa shape index (κ2) is 1.48. The Kier molecular flexibility index (Phi) is 1.23. The number of hydrogen-bond acceptors (Lipinski definition) is 1. The van der Waals surface area contributed by atoms with Gasteiger partial charge in [0.2, 0.25) is 0 Å². The topological polar surface area (TPSA) is 23.8 Å². The van der Waals surface area contributed by atoms with Crippen LogP contribution >= 0.6 is 0 Å². The number of rotatable bonds is 0. The molecule has 2 heteroatoms. The lowest BCUT2D eigenvalue weighted by molar-refractivity contribution is 0.676. The van der Waals surface area contributed by atoms with Gasteiger partial charge >= 0.3 is 0 Å². The van der Waals surface area contributed by atoms with Crippen LogP contribution in [0.1, 0.15) is 0 Å². The molecular formula is C3H2FN. The third-order valence-corrected chi connectivity index (χ3v) is 0.121. The lowest BCUT2D eigenvalue weighted by atomic mass is 10.7. The summed E-state index contributed by atoms with van der Waals surface area (Å²) in [6.45, 7) is 2.65. The minimum Gasteiger partial charge on any atom is -0.195 e. The first-order valence-electron chi connectivity index (χ1n) is 1.02. The summed E-state index contributed by atoms with van der Waals surface area (Å²) in [6.07, 6.45) is 0. The average molecular weight is 71.1 g/mol. The van der Waals surface area contributed by atoms with Crippen LogP contribution < -0.4 is 0 Å². The SMILES string of the molecule is C=C(F)C#N. The first kappa shape index (κ1) is 4.16. The molecule has 0 aromatic heterocycles. The monoisotopic (exact) mass is 71.0 g/mol. The summed E-state index contributed by atoms with van der Waals surface area (Å²) < 4.78 is 10.9. The van der Waals surface area contributed by atoms with Crippen molar-refractivity contribution in [3.8, 4) is 6.07 Å². The molecule has 0 rings (SSSR count). The Morgan fingerprint density at radius 3 is 2.20 bits per heavy atom. The van der Waals surface area contributed by atoms with Gasteiger partial charge in [0.15, 0.2) is 5.83 Å². The molecule has 0 aromatic carbocycles. The summed E-state index contributed by atoms with van der Waals surface area (Å²) in [5.41, 5.74) is 0. The Labute approximate surface area is 29.3 Å². The van der Waals surface area contributed by atoms with Crippen LogP contribution in [0.15, 0.2) is 12.4 Å². The van der Waals surface area contributed by atoms with E-state index in [0.29, 0.717) is 0 Å². The molecule has 1 nitrogen and oxygen atoms in total. The largest absolute Gasteiger partial charge is 0.195 e. The highest BCUT2D eigenvalue weighted by Crippen LogP contribution is 1.80. The molecule has 0 atom stereocenters. The van der Waals surface area contributed by atoms with Gasteiger partial charge < -0.3 is 0 Å². The van der Waals surface area contributed by atoms with Crippen LogP contribution in [0.3, 0.4) is 0 Å². The van der Waals surface area contributed by atoms with Gasteiger partial charge in [-0.05, 0) is 0 Å². The zero-order valence-electron chi connectivity index (χ0n) is 2.53. The molecule has 0 aliphatic rings. The summed E-state index contributed by atoms with van der Waals surface area (Å²) in [5, 5.41) is 7.42. The van der Waals surface area contributed by atoms with Crippen LogP contribution in [-0.2, 0) is 0 Å². The van der Waals surface area contributed by atoms with Gasteiger partial charge in [-0.25, -0.2) is 0 Å². The van der Waals surface area contributed by atoms with Gasteiger partial charge in [-0.2, -0.15) is 9.65 Å². The van der Waals surface area contributed by atoms with Crippen molar-refractivity contribution in [2.24, 2.45) is 0 Å². The van der Waals surface area contributed by atoms with E-state index in [1.54, 1.807) is 0 Å². The van der Waals surface area contributed by atoms with Gasteiger partial charge in [-0.1, -0.05) is 6.58 Å². The van der Waals surface area contributed by atoms with E-state index in [-0.39, 0.29) is 0 Å². The van der Waals surface area contributed by atoms with Crippen LogP contribution in [0.4, 0.5) is 4.39 Å². The molecule has 0 spiro atoms. The van der Waals surface area contributed by atoms with Crippen molar-refractivity contribution < 1.29 is 4.39 Å². The van der Waals surface area contributed by atoms with Crippen molar-refractivity contribution in [3.63, 3.8) is 0 Å². The van der Waals surface area contributed by atoms with E-state index in [0.717, 1.165) is 0 Å². The fourth-order valence-electron chi connectivity index (χ4n) is 0. The number of nitriles is 1. The van der Waals surface area contributed by atoms with Crippen LogP contribution in [0.5, 0.6) is 0 Å². The summed E-state index contributed by atoms with van der Waals surface area (Å²) >= 11 is 0. The Bertz CT molecular complexity index is 79.4. The molecule has 0 fully saturated rings.